The third-order valence-corrected chi connectivity index (χ3v) is 6.67. The molecule has 0 saturated heterocycles. The molecule has 0 unspecified atom stereocenters. The predicted octanol–water partition coefficient (Wildman–Crippen LogP) is 2.74. The zero-order valence-electron chi connectivity index (χ0n) is 21.1. The Morgan fingerprint density at radius 1 is 1.08 bits per heavy atom. The van der Waals surface area contributed by atoms with Crippen LogP contribution in [-0.2, 0) is 14.3 Å². The molecular formula is C27H26N2O7S. The van der Waals surface area contributed by atoms with Crippen molar-refractivity contribution >= 4 is 29.4 Å². The molecule has 3 aromatic rings. The smallest absolute Gasteiger partial charge is 0.338 e. The van der Waals surface area contributed by atoms with E-state index in [9.17, 15) is 14.4 Å². The summed E-state index contributed by atoms with van der Waals surface area (Å²) >= 11 is 1.21. The maximum atomic E-state index is 13.7. The number of benzene rings is 2. The Morgan fingerprint density at radius 3 is 2.43 bits per heavy atom. The molecule has 0 amide bonds. The van der Waals surface area contributed by atoms with Gasteiger partial charge in [0, 0.05) is 6.92 Å². The molecule has 2 heterocycles. The highest BCUT2D eigenvalue weighted by molar-refractivity contribution is 7.07. The Labute approximate surface area is 216 Å². The van der Waals surface area contributed by atoms with Crippen LogP contribution in [0.2, 0.25) is 0 Å². The number of esters is 2. The third kappa shape index (κ3) is 5.19. The Morgan fingerprint density at radius 2 is 1.81 bits per heavy atom. The van der Waals surface area contributed by atoms with Gasteiger partial charge in [-0.1, -0.05) is 29.5 Å². The molecule has 10 heteroatoms. The van der Waals surface area contributed by atoms with Gasteiger partial charge >= 0.3 is 11.9 Å². The lowest BCUT2D eigenvalue weighted by atomic mass is 9.96. The molecule has 37 heavy (non-hydrogen) atoms. The number of fused-ring (bicyclic) bond motifs is 1. The summed E-state index contributed by atoms with van der Waals surface area (Å²) in [5.74, 6) is 0.298. The second kappa shape index (κ2) is 10.8. The Balaban J connectivity index is 1.88. The van der Waals surface area contributed by atoms with E-state index in [-0.39, 0.29) is 17.9 Å². The first-order valence-corrected chi connectivity index (χ1v) is 12.3. The fourth-order valence-corrected chi connectivity index (χ4v) is 5.10. The molecule has 1 aromatic heterocycles. The molecule has 1 atom stereocenters. The van der Waals surface area contributed by atoms with Crippen LogP contribution in [0, 0.1) is 0 Å². The summed E-state index contributed by atoms with van der Waals surface area (Å²) in [5.41, 5.74) is 1.87. The van der Waals surface area contributed by atoms with Crippen LogP contribution in [0.15, 0.2) is 63.5 Å². The highest BCUT2D eigenvalue weighted by Crippen LogP contribution is 2.32. The molecule has 0 bridgehead atoms. The van der Waals surface area contributed by atoms with Crippen molar-refractivity contribution in [3.8, 4) is 17.2 Å². The molecule has 1 aliphatic heterocycles. The Kier molecular flexibility index (Phi) is 7.58. The molecule has 0 spiro atoms. The standard InChI is InChI=1S/C27H26N2O7S/c1-6-35-26(32)23-15(2)28-27-29(24(23)18-8-10-19(33-4)11-9-18)25(31)22(37-27)14-17-7-12-20(36-16(3)30)21(13-17)34-5/h7-14,24H,6H2,1-5H3/b22-14-/t24-/m1/s1. The van der Waals surface area contributed by atoms with E-state index in [1.807, 2.05) is 12.1 Å². The number of thiazole rings is 1. The van der Waals surface area contributed by atoms with Gasteiger partial charge in [0.1, 0.15) is 5.75 Å². The van der Waals surface area contributed by atoms with Crippen LogP contribution < -0.4 is 29.1 Å². The lowest BCUT2D eigenvalue weighted by molar-refractivity contribution is -0.139. The number of ether oxygens (including phenoxy) is 4. The monoisotopic (exact) mass is 522 g/mol. The second-order valence-electron chi connectivity index (χ2n) is 8.08. The van der Waals surface area contributed by atoms with Crippen molar-refractivity contribution in [2.75, 3.05) is 20.8 Å². The van der Waals surface area contributed by atoms with Gasteiger partial charge < -0.3 is 18.9 Å². The molecular weight excluding hydrogens is 496 g/mol. The van der Waals surface area contributed by atoms with E-state index >= 15 is 0 Å². The van der Waals surface area contributed by atoms with Gasteiger partial charge in [-0.15, -0.1) is 0 Å². The fraction of sp³-hybridized carbons (Fsp3) is 0.259. The van der Waals surface area contributed by atoms with Gasteiger partial charge in [0.2, 0.25) is 0 Å². The van der Waals surface area contributed by atoms with Crippen molar-refractivity contribution < 1.29 is 28.5 Å². The number of hydrogen-bond donors (Lipinski definition) is 0. The number of rotatable bonds is 7. The number of hydrogen-bond acceptors (Lipinski definition) is 9. The Hall–Kier alpha value is -4.18. The van der Waals surface area contributed by atoms with Crippen LogP contribution in [-0.4, -0.2) is 37.3 Å². The SMILES string of the molecule is CCOC(=O)C1=C(C)N=c2s/c(=C\c3ccc(OC(C)=O)c(OC)c3)c(=O)n2[C@@H]1c1ccc(OC)cc1. The number of carbonyl (C=O) groups excluding carboxylic acids is 2. The van der Waals surface area contributed by atoms with Gasteiger partial charge in [0.15, 0.2) is 16.3 Å². The van der Waals surface area contributed by atoms with Crippen LogP contribution in [0.5, 0.6) is 17.2 Å². The molecule has 0 saturated carbocycles. The maximum absolute atomic E-state index is 13.7. The predicted molar refractivity (Wildman–Crippen MR) is 138 cm³/mol. The van der Waals surface area contributed by atoms with Crippen LogP contribution in [0.1, 0.15) is 37.9 Å². The molecule has 192 valence electrons. The summed E-state index contributed by atoms with van der Waals surface area (Å²) in [6, 6.07) is 11.5. The minimum absolute atomic E-state index is 0.195. The summed E-state index contributed by atoms with van der Waals surface area (Å²) in [5, 5.41) is 0. The molecule has 4 rings (SSSR count). The number of nitrogens with zero attached hydrogens (tertiary/aromatic N) is 2. The molecule has 0 radical (unpaired) electrons. The lowest BCUT2D eigenvalue weighted by Gasteiger charge is -2.24. The van der Waals surface area contributed by atoms with Gasteiger partial charge in [-0.05, 0) is 55.3 Å². The van der Waals surface area contributed by atoms with Gasteiger partial charge in [-0.2, -0.15) is 0 Å². The van der Waals surface area contributed by atoms with Gasteiger partial charge in [-0.25, -0.2) is 9.79 Å². The van der Waals surface area contributed by atoms with E-state index in [4.69, 9.17) is 18.9 Å². The van der Waals surface area contributed by atoms with E-state index < -0.39 is 18.0 Å². The molecule has 1 aliphatic rings. The largest absolute Gasteiger partial charge is 0.497 e. The van der Waals surface area contributed by atoms with Crippen LogP contribution >= 0.6 is 11.3 Å². The topological polar surface area (TPSA) is 105 Å². The Bertz CT molecular complexity index is 1570. The van der Waals surface area contributed by atoms with E-state index in [1.54, 1.807) is 57.4 Å². The summed E-state index contributed by atoms with van der Waals surface area (Å²) in [4.78, 5) is 43.1. The average molecular weight is 523 g/mol. The van der Waals surface area contributed by atoms with Crippen molar-refractivity contribution in [2.45, 2.75) is 26.8 Å². The molecule has 0 N–H and O–H groups in total. The number of carbonyl (C=O) groups is 2. The van der Waals surface area contributed by atoms with Crippen LogP contribution in [0.3, 0.4) is 0 Å². The highest BCUT2D eigenvalue weighted by atomic mass is 32.1. The maximum Gasteiger partial charge on any atom is 0.338 e. The first kappa shape index (κ1) is 25.9. The molecule has 9 nitrogen and oxygen atoms in total. The van der Waals surface area contributed by atoms with Gasteiger partial charge in [-0.3, -0.25) is 14.2 Å². The van der Waals surface area contributed by atoms with E-state index in [0.717, 1.165) is 5.56 Å². The van der Waals surface area contributed by atoms with Gasteiger partial charge in [0.05, 0.1) is 42.7 Å². The summed E-state index contributed by atoms with van der Waals surface area (Å²) in [6.45, 7) is 4.96. The third-order valence-electron chi connectivity index (χ3n) is 5.69. The van der Waals surface area contributed by atoms with Crippen molar-refractivity contribution in [1.29, 1.82) is 0 Å². The minimum Gasteiger partial charge on any atom is -0.497 e. The van der Waals surface area contributed by atoms with E-state index in [0.29, 0.717) is 37.7 Å². The second-order valence-corrected chi connectivity index (χ2v) is 9.09. The van der Waals surface area contributed by atoms with Crippen LogP contribution in [0.4, 0.5) is 0 Å². The fourth-order valence-electron chi connectivity index (χ4n) is 4.06. The van der Waals surface area contributed by atoms with Crippen LogP contribution in [0.25, 0.3) is 6.08 Å². The van der Waals surface area contributed by atoms with E-state index in [1.165, 1.54) is 29.9 Å². The van der Waals surface area contributed by atoms with Crippen molar-refractivity contribution in [3.63, 3.8) is 0 Å². The number of aromatic nitrogens is 1. The average Bonchev–Trinajstić information content (AvgIpc) is 3.18. The van der Waals surface area contributed by atoms with E-state index in [2.05, 4.69) is 4.99 Å². The minimum atomic E-state index is -0.718. The van der Waals surface area contributed by atoms with Gasteiger partial charge in [0.25, 0.3) is 5.56 Å². The normalized spacial score (nSPS) is 15.1. The lowest BCUT2D eigenvalue weighted by Crippen LogP contribution is -2.39. The number of allylic oxidation sites excluding steroid dienone is 1. The summed E-state index contributed by atoms with van der Waals surface area (Å²) in [7, 11) is 3.04. The summed E-state index contributed by atoms with van der Waals surface area (Å²) < 4.78 is 23.0. The highest BCUT2D eigenvalue weighted by Gasteiger charge is 2.33. The first-order chi connectivity index (χ1) is 17.8. The number of methoxy groups -OCH3 is 2. The molecule has 0 aliphatic carbocycles. The first-order valence-electron chi connectivity index (χ1n) is 11.5. The van der Waals surface area contributed by atoms with Crippen molar-refractivity contribution in [1.82, 2.24) is 4.57 Å². The molecule has 2 aromatic carbocycles. The van der Waals surface area contributed by atoms with Crippen molar-refractivity contribution in [3.05, 3.63) is 84.5 Å². The van der Waals surface area contributed by atoms with Crippen molar-refractivity contribution in [2.24, 2.45) is 4.99 Å². The molecule has 0 fully saturated rings. The summed E-state index contributed by atoms with van der Waals surface area (Å²) in [6.07, 6.45) is 1.71. The zero-order chi connectivity index (χ0) is 26.7. The quantitative estimate of drug-likeness (QED) is 0.347. The zero-order valence-corrected chi connectivity index (χ0v) is 21.9.